The minimum Gasteiger partial charge on any atom is -0.306 e. The van der Waals surface area contributed by atoms with E-state index in [-0.39, 0.29) is 5.92 Å². The molecular weight excluding hydrogens is 198 g/mol. The predicted octanol–water partition coefficient (Wildman–Crippen LogP) is 3.11. The van der Waals surface area contributed by atoms with Gasteiger partial charge in [0.05, 0.1) is 0 Å². The highest BCUT2D eigenvalue weighted by molar-refractivity contribution is 5.80. The molecule has 1 heterocycles. The summed E-state index contributed by atoms with van der Waals surface area (Å²) in [5.41, 5.74) is 0. The van der Waals surface area contributed by atoms with Gasteiger partial charge in [-0.3, -0.25) is 4.79 Å². The Labute approximate surface area is 100 Å². The van der Waals surface area contributed by atoms with Gasteiger partial charge in [-0.2, -0.15) is 0 Å². The third-order valence-electron chi connectivity index (χ3n) is 4.04. The molecule has 1 rings (SSSR count). The number of carbonyl (C=O) groups is 1. The Morgan fingerprint density at radius 1 is 1.38 bits per heavy atom. The fourth-order valence-corrected chi connectivity index (χ4v) is 2.39. The molecule has 1 atom stereocenters. The number of hydrogen-bond acceptors (Lipinski definition) is 2. The molecule has 0 bridgehead atoms. The quantitative estimate of drug-likeness (QED) is 0.692. The zero-order valence-electron chi connectivity index (χ0n) is 11.2. The van der Waals surface area contributed by atoms with Gasteiger partial charge in [-0.25, -0.2) is 0 Å². The molecule has 1 aliphatic heterocycles. The first-order valence-corrected chi connectivity index (χ1v) is 6.84. The number of Topliss-reactive ketones (excluding diaryl/α,β-unsaturated/α-hetero) is 1. The largest absolute Gasteiger partial charge is 0.306 e. The van der Waals surface area contributed by atoms with Gasteiger partial charge in [0, 0.05) is 12.3 Å². The Bertz CT molecular complexity index is 207. The molecule has 0 N–H and O–H groups in total. The number of ketones is 1. The van der Waals surface area contributed by atoms with Crippen molar-refractivity contribution in [2.45, 2.75) is 52.4 Å². The molecule has 16 heavy (non-hydrogen) atoms. The summed E-state index contributed by atoms with van der Waals surface area (Å²) >= 11 is 0. The summed E-state index contributed by atoms with van der Waals surface area (Å²) in [6.45, 7) is 6.63. The standard InChI is InChI=1S/C14H27NO/c1-4-12(2)14(16)7-5-6-13-8-10-15(3)11-9-13/h12-13H,4-11H2,1-3H3. The van der Waals surface area contributed by atoms with Crippen LogP contribution < -0.4 is 0 Å². The van der Waals surface area contributed by atoms with E-state index in [1.807, 2.05) is 0 Å². The van der Waals surface area contributed by atoms with E-state index < -0.39 is 0 Å². The molecule has 0 aliphatic carbocycles. The van der Waals surface area contributed by atoms with Gasteiger partial charge in [-0.15, -0.1) is 0 Å². The van der Waals surface area contributed by atoms with E-state index in [0.29, 0.717) is 5.78 Å². The van der Waals surface area contributed by atoms with Gasteiger partial charge in [0.15, 0.2) is 0 Å². The van der Waals surface area contributed by atoms with Crippen LogP contribution in [-0.4, -0.2) is 30.8 Å². The number of piperidine rings is 1. The smallest absolute Gasteiger partial charge is 0.135 e. The topological polar surface area (TPSA) is 20.3 Å². The summed E-state index contributed by atoms with van der Waals surface area (Å²) in [7, 11) is 2.20. The van der Waals surface area contributed by atoms with E-state index >= 15 is 0 Å². The molecule has 0 saturated carbocycles. The first-order chi connectivity index (χ1) is 7.63. The first-order valence-electron chi connectivity index (χ1n) is 6.84. The molecule has 2 nitrogen and oxygen atoms in total. The summed E-state index contributed by atoms with van der Waals surface area (Å²) in [4.78, 5) is 14.1. The van der Waals surface area contributed by atoms with Crippen molar-refractivity contribution in [2.75, 3.05) is 20.1 Å². The van der Waals surface area contributed by atoms with Crippen LogP contribution in [0.25, 0.3) is 0 Å². The summed E-state index contributed by atoms with van der Waals surface area (Å²) < 4.78 is 0. The van der Waals surface area contributed by atoms with Crippen molar-refractivity contribution in [3.05, 3.63) is 0 Å². The van der Waals surface area contributed by atoms with E-state index in [1.165, 1.54) is 32.4 Å². The van der Waals surface area contributed by atoms with Gasteiger partial charge in [0.25, 0.3) is 0 Å². The third-order valence-corrected chi connectivity index (χ3v) is 4.04. The SMILES string of the molecule is CCC(C)C(=O)CCCC1CCN(C)CC1. The van der Waals surface area contributed by atoms with Crippen LogP contribution in [0.2, 0.25) is 0 Å². The predicted molar refractivity (Wildman–Crippen MR) is 68.5 cm³/mol. The minimum atomic E-state index is 0.275. The number of carbonyl (C=O) groups excluding carboxylic acids is 1. The minimum absolute atomic E-state index is 0.275. The van der Waals surface area contributed by atoms with E-state index in [2.05, 4.69) is 25.8 Å². The maximum atomic E-state index is 11.7. The monoisotopic (exact) mass is 225 g/mol. The van der Waals surface area contributed by atoms with Crippen molar-refractivity contribution in [3.8, 4) is 0 Å². The molecule has 94 valence electrons. The Morgan fingerprint density at radius 3 is 2.56 bits per heavy atom. The highest BCUT2D eigenvalue weighted by atomic mass is 16.1. The van der Waals surface area contributed by atoms with Gasteiger partial charge in [-0.05, 0) is 58.2 Å². The van der Waals surface area contributed by atoms with Gasteiger partial charge >= 0.3 is 0 Å². The van der Waals surface area contributed by atoms with Crippen molar-refractivity contribution in [3.63, 3.8) is 0 Å². The van der Waals surface area contributed by atoms with Crippen LogP contribution in [0, 0.1) is 11.8 Å². The molecule has 0 aromatic heterocycles. The van der Waals surface area contributed by atoms with Crippen molar-refractivity contribution in [1.82, 2.24) is 4.90 Å². The normalized spacial score (nSPS) is 20.9. The van der Waals surface area contributed by atoms with Gasteiger partial charge in [0.1, 0.15) is 5.78 Å². The van der Waals surface area contributed by atoms with Gasteiger partial charge < -0.3 is 4.90 Å². The highest BCUT2D eigenvalue weighted by Crippen LogP contribution is 2.22. The lowest BCUT2D eigenvalue weighted by atomic mass is 9.90. The zero-order chi connectivity index (χ0) is 12.0. The second kappa shape index (κ2) is 7.05. The van der Waals surface area contributed by atoms with Crippen LogP contribution in [0.4, 0.5) is 0 Å². The number of hydrogen-bond donors (Lipinski definition) is 0. The lowest BCUT2D eigenvalue weighted by Crippen LogP contribution is -2.30. The van der Waals surface area contributed by atoms with Crippen molar-refractivity contribution in [2.24, 2.45) is 11.8 Å². The Hall–Kier alpha value is -0.370. The average molecular weight is 225 g/mol. The maximum Gasteiger partial charge on any atom is 0.135 e. The van der Waals surface area contributed by atoms with Crippen LogP contribution in [0.5, 0.6) is 0 Å². The third kappa shape index (κ3) is 4.65. The van der Waals surface area contributed by atoms with Crippen LogP contribution in [0.15, 0.2) is 0 Å². The molecule has 1 fully saturated rings. The summed E-state index contributed by atoms with van der Waals surface area (Å²) in [5.74, 6) is 1.62. The van der Waals surface area contributed by atoms with Crippen LogP contribution in [0.3, 0.4) is 0 Å². The second-order valence-corrected chi connectivity index (χ2v) is 5.41. The lowest BCUT2D eigenvalue weighted by molar-refractivity contribution is -0.122. The molecule has 2 heteroatoms. The number of rotatable bonds is 6. The molecular formula is C14H27NO. The number of likely N-dealkylation sites (tertiary alicyclic amines) is 1. The van der Waals surface area contributed by atoms with Crippen LogP contribution in [-0.2, 0) is 4.79 Å². The van der Waals surface area contributed by atoms with E-state index in [1.54, 1.807) is 0 Å². The van der Waals surface area contributed by atoms with Crippen molar-refractivity contribution < 1.29 is 4.79 Å². The van der Waals surface area contributed by atoms with E-state index in [0.717, 1.165) is 25.2 Å². The van der Waals surface area contributed by atoms with Crippen LogP contribution in [0.1, 0.15) is 52.4 Å². The number of nitrogens with zero attached hydrogens (tertiary/aromatic N) is 1. The summed E-state index contributed by atoms with van der Waals surface area (Å²) in [6.07, 6.45) is 6.82. The van der Waals surface area contributed by atoms with Crippen LogP contribution >= 0.6 is 0 Å². The Balaban J connectivity index is 2.09. The molecule has 1 unspecified atom stereocenters. The molecule has 0 radical (unpaired) electrons. The Kier molecular flexibility index (Phi) is 6.04. The molecule has 0 amide bonds. The first kappa shape index (κ1) is 13.7. The summed E-state index contributed by atoms with van der Waals surface area (Å²) in [6, 6.07) is 0. The zero-order valence-corrected chi connectivity index (χ0v) is 11.2. The molecule has 1 saturated heterocycles. The highest BCUT2D eigenvalue weighted by Gasteiger charge is 2.17. The second-order valence-electron chi connectivity index (χ2n) is 5.41. The average Bonchev–Trinajstić information content (AvgIpc) is 2.30. The van der Waals surface area contributed by atoms with Crippen molar-refractivity contribution >= 4 is 5.78 Å². The molecule has 0 aromatic rings. The molecule has 0 aromatic carbocycles. The fourth-order valence-electron chi connectivity index (χ4n) is 2.39. The molecule has 0 spiro atoms. The van der Waals surface area contributed by atoms with Crippen molar-refractivity contribution in [1.29, 1.82) is 0 Å². The lowest BCUT2D eigenvalue weighted by Gasteiger charge is -2.28. The Morgan fingerprint density at radius 2 is 2.00 bits per heavy atom. The van der Waals surface area contributed by atoms with Gasteiger partial charge in [0.2, 0.25) is 0 Å². The van der Waals surface area contributed by atoms with E-state index in [9.17, 15) is 4.79 Å². The summed E-state index contributed by atoms with van der Waals surface area (Å²) in [5, 5.41) is 0. The molecule has 1 aliphatic rings. The van der Waals surface area contributed by atoms with Gasteiger partial charge in [-0.1, -0.05) is 13.8 Å². The van der Waals surface area contributed by atoms with E-state index in [4.69, 9.17) is 0 Å². The fraction of sp³-hybridized carbons (Fsp3) is 0.929. The maximum absolute atomic E-state index is 11.7.